The Balaban J connectivity index is 3.67. The van der Waals surface area contributed by atoms with Gasteiger partial charge in [0.05, 0.1) is 18.2 Å². The predicted molar refractivity (Wildman–Crippen MR) is 49.2 cm³/mol. The molecule has 0 unspecified atom stereocenters. The van der Waals surface area contributed by atoms with E-state index in [0.717, 1.165) is 13.2 Å². The van der Waals surface area contributed by atoms with E-state index in [2.05, 4.69) is 4.74 Å². The van der Waals surface area contributed by atoms with Crippen LogP contribution in [0.2, 0.25) is 0 Å². The number of aromatic hydroxyl groups is 1. The minimum atomic E-state index is -4.96. The Kier molecular flexibility index (Phi) is 3.27. The minimum Gasteiger partial charge on any atom is -0.507 e. The molecular formula is C10H6F3NO3. The number of nitriles is 1. The van der Waals surface area contributed by atoms with Crippen molar-refractivity contribution < 1.29 is 27.8 Å². The summed E-state index contributed by atoms with van der Waals surface area (Å²) >= 11 is 0. The SMILES string of the molecule is COC(=O)c1c(C#N)ccc(O)c1C(F)(F)F. The minimum absolute atomic E-state index is 0.512. The average molecular weight is 245 g/mol. The number of carbonyl (C=O) groups excluding carboxylic acids is 1. The highest BCUT2D eigenvalue weighted by Gasteiger charge is 2.40. The molecule has 7 heteroatoms. The number of phenolic OH excluding ortho intramolecular Hbond substituents is 1. The first kappa shape index (κ1) is 12.8. The molecule has 1 aromatic carbocycles. The van der Waals surface area contributed by atoms with Crippen LogP contribution >= 0.6 is 0 Å². The van der Waals surface area contributed by atoms with Crippen molar-refractivity contribution in [3.05, 3.63) is 28.8 Å². The second kappa shape index (κ2) is 4.33. The Bertz CT molecular complexity index is 503. The monoisotopic (exact) mass is 245 g/mol. The number of halogens is 3. The Morgan fingerprint density at radius 2 is 2.06 bits per heavy atom. The maximum absolute atomic E-state index is 12.6. The number of carbonyl (C=O) groups is 1. The number of ether oxygens (including phenoxy) is 1. The topological polar surface area (TPSA) is 70.3 Å². The first-order valence-electron chi connectivity index (χ1n) is 4.24. The second-order valence-electron chi connectivity index (χ2n) is 2.98. The molecule has 0 saturated carbocycles. The number of hydrogen-bond acceptors (Lipinski definition) is 4. The molecule has 17 heavy (non-hydrogen) atoms. The number of nitrogens with zero attached hydrogens (tertiary/aromatic N) is 1. The molecule has 1 aromatic rings. The summed E-state index contributed by atoms with van der Waals surface area (Å²) < 4.78 is 42.1. The smallest absolute Gasteiger partial charge is 0.420 e. The van der Waals surface area contributed by atoms with E-state index in [9.17, 15) is 18.0 Å². The van der Waals surface area contributed by atoms with E-state index in [0.29, 0.717) is 6.07 Å². The van der Waals surface area contributed by atoms with E-state index in [1.54, 1.807) is 0 Å². The van der Waals surface area contributed by atoms with Gasteiger partial charge in [0, 0.05) is 0 Å². The largest absolute Gasteiger partial charge is 0.507 e. The van der Waals surface area contributed by atoms with Gasteiger partial charge in [-0.1, -0.05) is 0 Å². The van der Waals surface area contributed by atoms with Crippen molar-refractivity contribution in [1.82, 2.24) is 0 Å². The van der Waals surface area contributed by atoms with Gasteiger partial charge in [0.2, 0.25) is 0 Å². The quantitative estimate of drug-likeness (QED) is 0.769. The molecule has 4 nitrogen and oxygen atoms in total. The van der Waals surface area contributed by atoms with E-state index in [4.69, 9.17) is 10.4 Å². The lowest BCUT2D eigenvalue weighted by atomic mass is 10.00. The lowest BCUT2D eigenvalue weighted by Crippen LogP contribution is -2.16. The molecule has 0 heterocycles. The van der Waals surface area contributed by atoms with Crippen molar-refractivity contribution in [2.45, 2.75) is 6.18 Å². The van der Waals surface area contributed by atoms with Crippen LogP contribution in [0.15, 0.2) is 12.1 Å². The number of rotatable bonds is 1. The van der Waals surface area contributed by atoms with Gasteiger partial charge in [-0.25, -0.2) is 4.79 Å². The Morgan fingerprint density at radius 3 is 2.47 bits per heavy atom. The molecule has 0 amide bonds. The summed E-state index contributed by atoms with van der Waals surface area (Å²) in [7, 11) is 0.883. The van der Waals surface area contributed by atoms with E-state index < -0.39 is 34.6 Å². The van der Waals surface area contributed by atoms with Crippen LogP contribution in [0, 0.1) is 11.3 Å². The van der Waals surface area contributed by atoms with Gasteiger partial charge in [-0.2, -0.15) is 18.4 Å². The van der Waals surface area contributed by atoms with E-state index >= 15 is 0 Å². The third-order valence-electron chi connectivity index (χ3n) is 1.98. The molecule has 1 rings (SSSR count). The summed E-state index contributed by atoms with van der Waals surface area (Å²) in [6.45, 7) is 0. The summed E-state index contributed by atoms with van der Waals surface area (Å²) in [6.07, 6.45) is -4.96. The van der Waals surface area contributed by atoms with Crippen molar-refractivity contribution >= 4 is 5.97 Å². The number of phenols is 1. The van der Waals surface area contributed by atoms with Crippen LogP contribution in [0.3, 0.4) is 0 Å². The molecule has 0 aliphatic carbocycles. The molecule has 0 aromatic heterocycles. The summed E-state index contributed by atoms with van der Waals surface area (Å²) in [5.41, 5.74) is -3.06. The Morgan fingerprint density at radius 1 is 1.47 bits per heavy atom. The van der Waals surface area contributed by atoms with Crippen molar-refractivity contribution in [1.29, 1.82) is 5.26 Å². The molecule has 0 aliphatic rings. The van der Waals surface area contributed by atoms with Gasteiger partial charge in [0.15, 0.2) is 0 Å². The van der Waals surface area contributed by atoms with Crippen LogP contribution in [0.4, 0.5) is 13.2 Å². The average Bonchev–Trinajstić information content (AvgIpc) is 2.25. The summed E-state index contributed by atoms with van der Waals surface area (Å²) in [6, 6.07) is 3.05. The molecule has 0 fully saturated rings. The van der Waals surface area contributed by atoms with Crippen molar-refractivity contribution in [3.63, 3.8) is 0 Å². The van der Waals surface area contributed by atoms with Gasteiger partial charge in [0.1, 0.15) is 17.4 Å². The van der Waals surface area contributed by atoms with Gasteiger partial charge in [-0.05, 0) is 12.1 Å². The van der Waals surface area contributed by atoms with Crippen molar-refractivity contribution in [2.24, 2.45) is 0 Å². The number of hydrogen-bond donors (Lipinski definition) is 1. The predicted octanol–water partition coefficient (Wildman–Crippen LogP) is 2.07. The molecule has 0 saturated heterocycles. The second-order valence-corrected chi connectivity index (χ2v) is 2.98. The zero-order valence-electron chi connectivity index (χ0n) is 8.50. The highest BCUT2D eigenvalue weighted by Crippen LogP contribution is 2.39. The molecule has 90 valence electrons. The molecule has 0 atom stereocenters. The third kappa shape index (κ3) is 2.30. The van der Waals surface area contributed by atoms with Crippen LogP contribution in [0.25, 0.3) is 0 Å². The van der Waals surface area contributed by atoms with Crippen LogP contribution in [0.5, 0.6) is 5.75 Å². The Labute approximate surface area is 93.8 Å². The van der Waals surface area contributed by atoms with E-state index in [-0.39, 0.29) is 0 Å². The lowest BCUT2D eigenvalue weighted by molar-refractivity contribution is -0.139. The van der Waals surface area contributed by atoms with Crippen molar-refractivity contribution in [2.75, 3.05) is 7.11 Å². The highest BCUT2D eigenvalue weighted by atomic mass is 19.4. The molecule has 0 aliphatic heterocycles. The van der Waals surface area contributed by atoms with Gasteiger partial charge < -0.3 is 9.84 Å². The van der Waals surface area contributed by atoms with Gasteiger partial charge in [-0.3, -0.25) is 0 Å². The maximum atomic E-state index is 12.6. The zero-order chi connectivity index (χ0) is 13.2. The van der Waals surface area contributed by atoms with Gasteiger partial charge in [-0.15, -0.1) is 0 Å². The third-order valence-corrected chi connectivity index (χ3v) is 1.98. The summed E-state index contributed by atoms with van der Waals surface area (Å²) in [4.78, 5) is 11.2. The van der Waals surface area contributed by atoms with Crippen LogP contribution < -0.4 is 0 Å². The van der Waals surface area contributed by atoms with Gasteiger partial charge >= 0.3 is 12.1 Å². The van der Waals surface area contributed by atoms with E-state index in [1.165, 1.54) is 6.07 Å². The van der Waals surface area contributed by atoms with Crippen LogP contribution in [-0.4, -0.2) is 18.2 Å². The molecule has 1 N–H and O–H groups in total. The van der Waals surface area contributed by atoms with Crippen LogP contribution in [-0.2, 0) is 10.9 Å². The molecule has 0 spiro atoms. The standard InChI is InChI=1S/C10H6F3NO3/c1-17-9(16)7-5(4-14)2-3-6(15)8(7)10(11,12)13/h2-3,15H,1H3. The van der Waals surface area contributed by atoms with Crippen molar-refractivity contribution in [3.8, 4) is 11.8 Å². The number of benzene rings is 1. The molecule has 0 radical (unpaired) electrons. The molecular weight excluding hydrogens is 239 g/mol. The maximum Gasteiger partial charge on any atom is 0.420 e. The zero-order valence-corrected chi connectivity index (χ0v) is 8.50. The number of alkyl halides is 3. The van der Waals surface area contributed by atoms with Gasteiger partial charge in [0.25, 0.3) is 0 Å². The number of esters is 1. The fourth-order valence-electron chi connectivity index (χ4n) is 1.29. The first-order valence-corrected chi connectivity index (χ1v) is 4.24. The normalized spacial score (nSPS) is 10.8. The molecule has 0 bridgehead atoms. The summed E-state index contributed by atoms with van der Waals surface area (Å²) in [5.74, 6) is -2.46. The fraction of sp³-hybridized carbons (Fsp3) is 0.200. The summed E-state index contributed by atoms with van der Waals surface area (Å²) in [5, 5.41) is 17.8. The van der Waals surface area contributed by atoms with E-state index in [1.807, 2.05) is 0 Å². The fourth-order valence-corrected chi connectivity index (χ4v) is 1.29. The first-order chi connectivity index (χ1) is 7.82. The highest BCUT2D eigenvalue weighted by molar-refractivity contribution is 5.94. The van der Waals surface area contributed by atoms with Crippen LogP contribution in [0.1, 0.15) is 21.5 Å². The lowest BCUT2D eigenvalue weighted by Gasteiger charge is -2.13. The Hall–Kier alpha value is -2.23. The number of methoxy groups -OCH3 is 1.